The number of para-hydroxylation sites is 1. The zero-order chi connectivity index (χ0) is 26.7. The molecule has 8 heteroatoms. The van der Waals surface area contributed by atoms with Crippen LogP contribution < -0.4 is 15.5 Å². The third kappa shape index (κ3) is 7.60. The van der Waals surface area contributed by atoms with E-state index in [0.29, 0.717) is 24.2 Å². The van der Waals surface area contributed by atoms with Crippen LogP contribution in [0.3, 0.4) is 0 Å². The highest BCUT2D eigenvalue weighted by atomic mass is 16.6. The molecule has 1 amide bonds. The van der Waals surface area contributed by atoms with Gasteiger partial charge in [-0.25, -0.2) is 9.59 Å². The second-order valence-corrected chi connectivity index (χ2v) is 9.18. The summed E-state index contributed by atoms with van der Waals surface area (Å²) in [4.78, 5) is 53.2. The van der Waals surface area contributed by atoms with Crippen molar-refractivity contribution >= 4 is 29.3 Å². The van der Waals surface area contributed by atoms with Crippen LogP contribution in [0.5, 0.6) is 0 Å². The number of hydrogen-bond donors (Lipinski definition) is 2. The molecular formula is C30H31N3O5. The van der Waals surface area contributed by atoms with Crippen LogP contribution in [0.1, 0.15) is 28.8 Å². The van der Waals surface area contributed by atoms with Crippen LogP contribution in [-0.4, -0.2) is 55.3 Å². The molecule has 1 heterocycles. The number of hydrogen-bond acceptors (Lipinski definition) is 7. The number of ketones is 1. The Morgan fingerprint density at radius 1 is 0.868 bits per heavy atom. The second-order valence-electron chi connectivity index (χ2n) is 9.18. The van der Waals surface area contributed by atoms with Gasteiger partial charge in [0.25, 0.3) is 5.91 Å². The molecule has 3 aromatic rings. The number of nitrogens with zero attached hydrogens (tertiary/aromatic N) is 1. The van der Waals surface area contributed by atoms with E-state index < -0.39 is 24.0 Å². The predicted octanol–water partition coefficient (Wildman–Crippen LogP) is 2.93. The van der Waals surface area contributed by atoms with Gasteiger partial charge in [0, 0.05) is 11.3 Å². The van der Waals surface area contributed by atoms with Crippen molar-refractivity contribution in [2.24, 2.45) is 0 Å². The molecule has 1 unspecified atom stereocenters. The minimum atomic E-state index is -0.836. The van der Waals surface area contributed by atoms with Gasteiger partial charge in [-0.2, -0.15) is 0 Å². The number of Topliss-reactive ketones (excluding diaryl/α,β-unsaturated/α-hetero) is 1. The van der Waals surface area contributed by atoms with Crippen molar-refractivity contribution in [2.45, 2.75) is 31.3 Å². The average molecular weight is 514 g/mol. The molecule has 3 aromatic carbocycles. The maximum atomic E-state index is 13.6. The van der Waals surface area contributed by atoms with Gasteiger partial charge in [0.1, 0.15) is 12.6 Å². The summed E-state index contributed by atoms with van der Waals surface area (Å²) >= 11 is 0. The topological polar surface area (TPSA) is 105 Å². The predicted molar refractivity (Wildman–Crippen MR) is 144 cm³/mol. The van der Waals surface area contributed by atoms with Crippen LogP contribution in [0.2, 0.25) is 0 Å². The van der Waals surface area contributed by atoms with Gasteiger partial charge in [-0.3, -0.25) is 9.59 Å². The highest BCUT2D eigenvalue weighted by Crippen LogP contribution is 2.15. The first kappa shape index (κ1) is 26.8. The highest BCUT2D eigenvalue weighted by molar-refractivity contribution is 5.99. The normalized spacial score (nSPS) is 15.3. The van der Waals surface area contributed by atoms with E-state index >= 15 is 0 Å². The molecule has 0 aliphatic carbocycles. The van der Waals surface area contributed by atoms with Gasteiger partial charge in [-0.15, -0.1) is 0 Å². The molecule has 0 saturated carbocycles. The Morgan fingerprint density at radius 2 is 1.50 bits per heavy atom. The van der Waals surface area contributed by atoms with Crippen LogP contribution in [0.25, 0.3) is 0 Å². The van der Waals surface area contributed by atoms with Gasteiger partial charge in [0.05, 0.1) is 12.6 Å². The second kappa shape index (κ2) is 13.3. The number of anilines is 1. The number of rotatable bonds is 11. The van der Waals surface area contributed by atoms with Gasteiger partial charge in [-0.1, -0.05) is 66.7 Å². The van der Waals surface area contributed by atoms with E-state index in [-0.39, 0.29) is 31.2 Å². The quantitative estimate of drug-likeness (QED) is 0.300. The average Bonchev–Trinajstić information content (AvgIpc) is 3.49. The molecule has 1 aliphatic rings. The minimum Gasteiger partial charge on any atom is -0.391 e. The number of ether oxygens (including phenoxy) is 1. The third-order valence-electron chi connectivity index (χ3n) is 6.36. The molecule has 0 bridgehead atoms. The highest BCUT2D eigenvalue weighted by Gasteiger charge is 2.28. The molecule has 38 heavy (non-hydrogen) atoms. The molecular weight excluding hydrogens is 482 g/mol. The number of nitrogens with one attached hydrogen (secondary N) is 2. The third-order valence-corrected chi connectivity index (χ3v) is 6.36. The van der Waals surface area contributed by atoms with Gasteiger partial charge in [-0.05, 0) is 55.6 Å². The van der Waals surface area contributed by atoms with E-state index in [1.807, 2.05) is 42.5 Å². The van der Waals surface area contributed by atoms with Crippen LogP contribution in [-0.2, 0) is 25.5 Å². The standard InChI is InChI=1S/C30H31N3O5/c34-27(26(19-22-11-4-1-5-12-22)32-29(36)23-13-6-2-7-14-23)20-33(24-15-8-3-9-16-24)21-28(35)38-30(37)25-17-10-18-31-25/h1-9,11-16,25-26,31H,10,17-21H2,(H,32,36)/t25-,26?/m0/s1. The molecule has 0 aromatic heterocycles. The van der Waals surface area contributed by atoms with Crippen molar-refractivity contribution in [3.05, 3.63) is 102 Å². The zero-order valence-corrected chi connectivity index (χ0v) is 21.0. The fourth-order valence-corrected chi connectivity index (χ4v) is 4.36. The molecule has 2 N–H and O–H groups in total. The summed E-state index contributed by atoms with van der Waals surface area (Å²) in [5.41, 5.74) is 1.96. The first-order chi connectivity index (χ1) is 18.5. The molecule has 1 saturated heterocycles. The molecule has 1 aliphatic heterocycles. The summed E-state index contributed by atoms with van der Waals surface area (Å²) in [5, 5.41) is 5.88. The molecule has 0 spiro atoms. The monoisotopic (exact) mass is 513 g/mol. The Balaban J connectivity index is 1.50. The first-order valence-corrected chi connectivity index (χ1v) is 12.7. The largest absolute Gasteiger partial charge is 0.391 e. The molecule has 4 rings (SSSR count). The van der Waals surface area contributed by atoms with E-state index in [1.165, 1.54) is 0 Å². The van der Waals surface area contributed by atoms with Crippen molar-refractivity contribution in [1.82, 2.24) is 10.6 Å². The fraction of sp³-hybridized carbons (Fsp3) is 0.267. The van der Waals surface area contributed by atoms with Crippen LogP contribution >= 0.6 is 0 Å². The fourth-order valence-electron chi connectivity index (χ4n) is 4.36. The summed E-state index contributed by atoms with van der Waals surface area (Å²) in [5.74, 6) is -1.99. The van der Waals surface area contributed by atoms with Crippen molar-refractivity contribution in [2.75, 3.05) is 24.5 Å². The lowest BCUT2D eigenvalue weighted by molar-refractivity contribution is -0.159. The smallest absolute Gasteiger partial charge is 0.333 e. The number of amides is 1. The summed E-state index contributed by atoms with van der Waals surface area (Å²) in [6.45, 7) is 0.247. The summed E-state index contributed by atoms with van der Waals surface area (Å²) in [7, 11) is 0. The van der Waals surface area contributed by atoms with Crippen molar-refractivity contribution in [1.29, 1.82) is 0 Å². The van der Waals surface area contributed by atoms with Crippen molar-refractivity contribution in [3.63, 3.8) is 0 Å². The molecule has 1 fully saturated rings. The van der Waals surface area contributed by atoms with Crippen LogP contribution in [0, 0.1) is 0 Å². The molecule has 2 atom stereocenters. The van der Waals surface area contributed by atoms with Crippen LogP contribution in [0.15, 0.2) is 91.0 Å². The molecule has 8 nitrogen and oxygen atoms in total. The zero-order valence-electron chi connectivity index (χ0n) is 21.0. The minimum absolute atomic E-state index is 0.165. The number of esters is 2. The number of carbonyl (C=O) groups excluding carboxylic acids is 4. The Kier molecular flexibility index (Phi) is 9.37. The lowest BCUT2D eigenvalue weighted by atomic mass is 10.0. The Bertz CT molecular complexity index is 1230. The summed E-state index contributed by atoms with van der Waals surface area (Å²) in [6.07, 6.45) is 1.75. The number of carbonyl (C=O) groups is 4. The van der Waals surface area contributed by atoms with E-state index in [4.69, 9.17) is 4.74 Å². The number of benzene rings is 3. The Hall–Kier alpha value is -4.30. The maximum Gasteiger partial charge on any atom is 0.333 e. The van der Waals surface area contributed by atoms with Gasteiger partial charge < -0.3 is 20.3 Å². The molecule has 0 radical (unpaired) electrons. The van der Waals surface area contributed by atoms with E-state index in [9.17, 15) is 19.2 Å². The van der Waals surface area contributed by atoms with Crippen LogP contribution in [0.4, 0.5) is 5.69 Å². The maximum absolute atomic E-state index is 13.6. The van der Waals surface area contributed by atoms with E-state index in [2.05, 4.69) is 10.6 Å². The lowest BCUT2D eigenvalue weighted by Crippen LogP contribution is -2.48. The van der Waals surface area contributed by atoms with Crippen molar-refractivity contribution in [3.8, 4) is 0 Å². The Morgan fingerprint density at radius 3 is 2.13 bits per heavy atom. The van der Waals surface area contributed by atoms with E-state index in [1.54, 1.807) is 53.4 Å². The summed E-state index contributed by atoms with van der Waals surface area (Å²) in [6, 6.07) is 25.7. The molecule has 196 valence electrons. The van der Waals surface area contributed by atoms with Gasteiger partial charge in [0.15, 0.2) is 5.78 Å². The first-order valence-electron chi connectivity index (χ1n) is 12.7. The SMILES string of the molecule is O=C(CN(CC(=O)C(Cc1ccccc1)NC(=O)c1ccccc1)c1ccccc1)OC(=O)[C@@H]1CCCN1. The van der Waals surface area contributed by atoms with Crippen molar-refractivity contribution < 1.29 is 23.9 Å². The van der Waals surface area contributed by atoms with Gasteiger partial charge >= 0.3 is 11.9 Å². The lowest BCUT2D eigenvalue weighted by Gasteiger charge is -2.26. The van der Waals surface area contributed by atoms with E-state index in [0.717, 1.165) is 12.0 Å². The van der Waals surface area contributed by atoms with Gasteiger partial charge in [0.2, 0.25) is 0 Å². The Labute approximate surface area is 222 Å². The summed E-state index contributed by atoms with van der Waals surface area (Å²) < 4.78 is 5.08.